The van der Waals surface area contributed by atoms with E-state index in [-0.39, 0.29) is 0 Å². The zero-order valence-electron chi connectivity index (χ0n) is 13.7. The van der Waals surface area contributed by atoms with Crippen molar-refractivity contribution in [2.45, 2.75) is 44.4 Å². The summed E-state index contributed by atoms with van der Waals surface area (Å²) in [7, 11) is 0. The number of rotatable bonds is 7. The number of carboxylic acids is 1. The molecule has 126 valence electrons. The first kappa shape index (κ1) is 16.5. The lowest BCUT2D eigenvalue weighted by Gasteiger charge is -2.16. The van der Waals surface area contributed by atoms with E-state index in [9.17, 15) is 9.90 Å². The van der Waals surface area contributed by atoms with Gasteiger partial charge in [-0.3, -0.25) is 10.1 Å². The Hall–Kier alpha value is -2.33. The minimum Gasteiger partial charge on any atom is -0.490 e. The summed E-state index contributed by atoms with van der Waals surface area (Å²) < 4.78 is 6.01. The van der Waals surface area contributed by atoms with Crippen molar-refractivity contribution in [3.63, 3.8) is 0 Å². The molecule has 0 spiro atoms. The molecule has 0 unspecified atom stereocenters. The van der Waals surface area contributed by atoms with E-state index in [0.717, 1.165) is 29.7 Å². The lowest BCUT2D eigenvalue weighted by molar-refractivity contribution is -0.139. The Balaban J connectivity index is 1.63. The SMILES string of the molecule is O=C(O)[C@H](NCc1cccc(OC2CCCC2)c1)c1ccccc1. The first-order chi connectivity index (χ1) is 11.7. The Labute approximate surface area is 142 Å². The molecule has 0 radical (unpaired) electrons. The van der Waals surface area contributed by atoms with Crippen LogP contribution in [0.15, 0.2) is 54.6 Å². The second kappa shape index (κ2) is 7.97. The number of nitrogens with one attached hydrogen (secondary N) is 1. The van der Waals surface area contributed by atoms with Gasteiger partial charge in [-0.2, -0.15) is 0 Å². The van der Waals surface area contributed by atoms with Gasteiger partial charge in [0.2, 0.25) is 0 Å². The van der Waals surface area contributed by atoms with Crippen molar-refractivity contribution in [2.24, 2.45) is 0 Å². The predicted molar refractivity (Wildman–Crippen MR) is 93.0 cm³/mol. The van der Waals surface area contributed by atoms with Gasteiger partial charge in [-0.25, -0.2) is 0 Å². The fourth-order valence-electron chi connectivity index (χ4n) is 3.14. The average molecular weight is 325 g/mol. The molecule has 1 saturated carbocycles. The number of hydrogen-bond donors (Lipinski definition) is 2. The third kappa shape index (κ3) is 4.36. The molecule has 4 nitrogen and oxygen atoms in total. The summed E-state index contributed by atoms with van der Waals surface area (Å²) in [6, 6.07) is 16.4. The standard InChI is InChI=1S/C20H23NO3/c22-20(23)19(16-8-2-1-3-9-16)21-14-15-7-6-12-18(13-15)24-17-10-4-5-11-17/h1-3,6-9,12-13,17,19,21H,4-5,10-11,14H2,(H,22,23)/t19-/m1/s1. The van der Waals surface area contributed by atoms with Gasteiger partial charge < -0.3 is 9.84 Å². The van der Waals surface area contributed by atoms with Gasteiger partial charge in [-0.1, -0.05) is 42.5 Å². The molecule has 4 heteroatoms. The van der Waals surface area contributed by atoms with Gasteiger partial charge >= 0.3 is 5.97 Å². The van der Waals surface area contributed by atoms with Crippen molar-refractivity contribution in [1.29, 1.82) is 0 Å². The first-order valence-electron chi connectivity index (χ1n) is 8.49. The van der Waals surface area contributed by atoms with Crippen molar-refractivity contribution in [1.82, 2.24) is 5.32 Å². The topological polar surface area (TPSA) is 58.6 Å². The zero-order chi connectivity index (χ0) is 16.8. The van der Waals surface area contributed by atoms with Crippen LogP contribution in [0.3, 0.4) is 0 Å². The molecule has 1 fully saturated rings. The first-order valence-corrected chi connectivity index (χ1v) is 8.49. The van der Waals surface area contributed by atoms with Crippen molar-refractivity contribution in [3.05, 3.63) is 65.7 Å². The lowest BCUT2D eigenvalue weighted by Crippen LogP contribution is -2.28. The summed E-state index contributed by atoms with van der Waals surface area (Å²) in [6.07, 6.45) is 5.05. The van der Waals surface area contributed by atoms with Crippen LogP contribution in [0.4, 0.5) is 0 Å². The minimum atomic E-state index is -0.875. The number of hydrogen-bond acceptors (Lipinski definition) is 3. The largest absolute Gasteiger partial charge is 0.490 e. The molecule has 1 atom stereocenters. The Morgan fingerprint density at radius 2 is 1.88 bits per heavy atom. The Bertz CT molecular complexity index is 666. The molecular formula is C20H23NO3. The molecule has 3 rings (SSSR count). The summed E-state index contributed by atoms with van der Waals surface area (Å²) in [4.78, 5) is 11.5. The molecule has 0 saturated heterocycles. The summed E-state index contributed by atoms with van der Waals surface area (Å²) in [5.41, 5.74) is 1.77. The fraction of sp³-hybridized carbons (Fsp3) is 0.350. The van der Waals surface area contributed by atoms with E-state index in [2.05, 4.69) is 5.32 Å². The second-order valence-corrected chi connectivity index (χ2v) is 6.23. The smallest absolute Gasteiger partial charge is 0.325 e. The molecule has 2 aromatic carbocycles. The fourth-order valence-corrected chi connectivity index (χ4v) is 3.14. The number of aliphatic carboxylic acids is 1. The molecule has 2 aromatic rings. The van der Waals surface area contributed by atoms with Crippen LogP contribution in [0.5, 0.6) is 5.75 Å². The quantitative estimate of drug-likeness (QED) is 0.810. The summed E-state index contributed by atoms with van der Waals surface area (Å²) >= 11 is 0. The van der Waals surface area contributed by atoms with E-state index in [1.54, 1.807) is 0 Å². The van der Waals surface area contributed by atoms with E-state index in [0.29, 0.717) is 12.6 Å². The molecule has 1 aliphatic rings. The highest BCUT2D eigenvalue weighted by Crippen LogP contribution is 2.24. The summed E-state index contributed by atoms with van der Waals surface area (Å²) in [5, 5.41) is 12.6. The van der Waals surface area contributed by atoms with Crippen LogP contribution >= 0.6 is 0 Å². The van der Waals surface area contributed by atoms with Crippen molar-refractivity contribution in [3.8, 4) is 5.75 Å². The monoisotopic (exact) mass is 325 g/mol. The van der Waals surface area contributed by atoms with Crippen LogP contribution in [0.2, 0.25) is 0 Å². The van der Waals surface area contributed by atoms with Gasteiger partial charge in [0.05, 0.1) is 6.10 Å². The number of carbonyl (C=O) groups is 1. The van der Waals surface area contributed by atoms with Gasteiger partial charge in [0.15, 0.2) is 0 Å². The summed E-state index contributed by atoms with van der Waals surface area (Å²) in [6.45, 7) is 0.480. The molecule has 0 bridgehead atoms. The number of carboxylic acid groups (broad SMARTS) is 1. The highest BCUT2D eigenvalue weighted by Gasteiger charge is 2.19. The Kier molecular flexibility index (Phi) is 5.49. The molecular weight excluding hydrogens is 302 g/mol. The van der Waals surface area contributed by atoms with E-state index < -0.39 is 12.0 Å². The molecule has 0 amide bonds. The highest BCUT2D eigenvalue weighted by atomic mass is 16.5. The molecule has 0 aliphatic heterocycles. The molecule has 0 heterocycles. The van der Waals surface area contributed by atoms with Crippen LogP contribution in [0.1, 0.15) is 42.9 Å². The zero-order valence-corrected chi connectivity index (χ0v) is 13.7. The third-order valence-corrected chi connectivity index (χ3v) is 4.39. The predicted octanol–water partition coefficient (Wildman–Crippen LogP) is 3.92. The van der Waals surface area contributed by atoms with Crippen molar-refractivity contribution < 1.29 is 14.6 Å². The van der Waals surface area contributed by atoms with Gasteiger partial charge in [-0.05, 0) is 48.9 Å². The second-order valence-electron chi connectivity index (χ2n) is 6.23. The molecule has 2 N–H and O–H groups in total. The minimum absolute atomic E-state index is 0.323. The Morgan fingerprint density at radius 3 is 2.58 bits per heavy atom. The normalized spacial score (nSPS) is 16.0. The van der Waals surface area contributed by atoms with Crippen LogP contribution in [-0.4, -0.2) is 17.2 Å². The molecule has 1 aliphatic carbocycles. The highest BCUT2D eigenvalue weighted by molar-refractivity contribution is 5.75. The lowest BCUT2D eigenvalue weighted by atomic mass is 10.1. The summed E-state index contributed by atoms with van der Waals surface area (Å²) in [5.74, 6) is -0.00709. The van der Waals surface area contributed by atoms with E-state index >= 15 is 0 Å². The number of benzene rings is 2. The maximum absolute atomic E-state index is 11.5. The van der Waals surface area contributed by atoms with Crippen LogP contribution < -0.4 is 10.1 Å². The van der Waals surface area contributed by atoms with Gasteiger partial charge in [0.25, 0.3) is 0 Å². The van der Waals surface area contributed by atoms with E-state index in [1.807, 2.05) is 54.6 Å². The van der Waals surface area contributed by atoms with Crippen molar-refractivity contribution in [2.75, 3.05) is 0 Å². The molecule has 0 aromatic heterocycles. The maximum atomic E-state index is 11.5. The van der Waals surface area contributed by atoms with Crippen LogP contribution in [0, 0.1) is 0 Å². The van der Waals surface area contributed by atoms with E-state index in [1.165, 1.54) is 12.8 Å². The van der Waals surface area contributed by atoms with Gasteiger partial charge in [0, 0.05) is 6.54 Å². The maximum Gasteiger partial charge on any atom is 0.325 e. The molecule has 24 heavy (non-hydrogen) atoms. The third-order valence-electron chi connectivity index (χ3n) is 4.39. The van der Waals surface area contributed by atoms with Gasteiger partial charge in [-0.15, -0.1) is 0 Å². The van der Waals surface area contributed by atoms with Crippen molar-refractivity contribution >= 4 is 5.97 Å². The van der Waals surface area contributed by atoms with E-state index in [4.69, 9.17) is 4.74 Å². The Morgan fingerprint density at radius 1 is 1.12 bits per heavy atom. The average Bonchev–Trinajstić information content (AvgIpc) is 3.09. The van der Waals surface area contributed by atoms with Crippen LogP contribution in [0.25, 0.3) is 0 Å². The number of ether oxygens (including phenoxy) is 1. The van der Waals surface area contributed by atoms with Gasteiger partial charge in [0.1, 0.15) is 11.8 Å². The van der Waals surface area contributed by atoms with Crippen LogP contribution in [-0.2, 0) is 11.3 Å².